The van der Waals surface area contributed by atoms with Gasteiger partial charge in [-0.3, -0.25) is 0 Å². The molecule has 0 amide bonds. The first-order valence-electron chi connectivity index (χ1n) is 4.65. The summed E-state index contributed by atoms with van der Waals surface area (Å²) in [6, 6.07) is 4.36. The highest BCUT2D eigenvalue weighted by atomic mass is 79.9. The molecule has 17 heavy (non-hydrogen) atoms. The lowest BCUT2D eigenvalue weighted by atomic mass is 10.1. The van der Waals surface area contributed by atoms with E-state index in [4.69, 9.17) is 9.63 Å². The molecule has 1 aromatic carbocycles. The molecule has 0 atom stereocenters. The molecule has 1 aromatic heterocycles. The number of carboxylic acids is 1. The van der Waals surface area contributed by atoms with Crippen molar-refractivity contribution < 1.29 is 18.8 Å². The molecule has 0 aliphatic heterocycles. The maximum Gasteiger partial charge on any atom is 0.358 e. The van der Waals surface area contributed by atoms with E-state index in [-0.39, 0.29) is 17.3 Å². The van der Waals surface area contributed by atoms with Crippen LogP contribution in [0.3, 0.4) is 0 Å². The third-order valence-corrected chi connectivity index (χ3v) is 2.80. The van der Waals surface area contributed by atoms with Crippen LogP contribution in [0.5, 0.6) is 0 Å². The van der Waals surface area contributed by atoms with Gasteiger partial charge in [0.05, 0.1) is 4.47 Å². The number of halogens is 2. The van der Waals surface area contributed by atoms with Crippen molar-refractivity contribution in [3.63, 3.8) is 0 Å². The maximum absolute atomic E-state index is 13.4. The molecule has 1 heterocycles. The summed E-state index contributed by atoms with van der Waals surface area (Å²) in [5, 5.41) is 12.1. The minimum Gasteiger partial charge on any atom is -0.476 e. The van der Waals surface area contributed by atoms with E-state index in [1.807, 2.05) is 0 Å². The summed E-state index contributed by atoms with van der Waals surface area (Å²) in [4.78, 5) is 10.6. The van der Waals surface area contributed by atoms with Gasteiger partial charge in [0, 0.05) is 11.6 Å². The Morgan fingerprint density at radius 2 is 2.18 bits per heavy atom. The SMILES string of the molecule is Cc1cc(-c2cc(C(=O)O)no2)cc(Br)c1F. The molecular weight excluding hydrogens is 293 g/mol. The Bertz CT molecular complexity index is 571. The van der Waals surface area contributed by atoms with Crippen LogP contribution in [-0.4, -0.2) is 16.2 Å². The second-order valence-corrected chi connectivity index (χ2v) is 4.32. The molecule has 0 saturated carbocycles. The second-order valence-electron chi connectivity index (χ2n) is 3.47. The number of nitrogens with zero attached hydrogens (tertiary/aromatic N) is 1. The molecule has 0 aliphatic rings. The molecule has 0 saturated heterocycles. The van der Waals surface area contributed by atoms with Crippen molar-refractivity contribution in [3.05, 3.63) is 39.7 Å². The third-order valence-electron chi connectivity index (χ3n) is 2.22. The van der Waals surface area contributed by atoms with Gasteiger partial charge in [-0.25, -0.2) is 9.18 Å². The van der Waals surface area contributed by atoms with Crippen LogP contribution < -0.4 is 0 Å². The van der Waals surface area contributed by atoms with E-state index in [2.05, 4.69) is 21.1 Å². The lowest BCUT2D eigenvalue weighted by Crippen LogP contribution is -1.94. The van der Waals surface area contributed by atoms with E-state index in [0.29, 0.717) is 15.6 Å². The number of rotatable bonds is 2. The Kier molecular flexibility index (Phi) is 2.97. The van der Waals surface area contributed by atoms with Crippen molar-refractivity contribution in [2.75, 3.05) is 0 Å². The van der Waals surface area contributed by atoms with Crippen molar-refractivity contribution in [2.45, 2.75) is 6.92 Å². The van der Waals surface area contributed by atoms with Gasteiger partial charge in [0.15, 0.2) is 11.5 Å². The van der Waals surface area contributed by atoms with E-state index < -0.39 is 5.97 Å². The minimum absolute atomic E-state index is 0.182. The highest BCUT2D eigenvalue weighted by molar-refractivity contribution is 9.10. The van der Waals surface area contributed by atoms with Gasteiger partial charge in [-0.2, -0.15) is 0 Å². The lowest BCUT2D eigenvalue weighted by Gasteiger charge is -2.02. The summed E-state index contributed by atoms with van der Waals surface area (Å²) >= 11 is 3.08. The number of aromatic carboxylic acids is 1. The zero-order chi connectivity index (χ0) is 12.6. The number of benzene rings is 1. The Labute approximate surface area is 104 Å². The second kappa shape index (κ2) is 4.29. The summed E-state index contributed by atoms with van der Waals surface area (Å²) in [5.74, 6) is -1.24. The zero-order valence-electron chi connectivity index (χ0n) is 8.70. The number of carbonyl (C=O) groups is 1. The average molecular weight is 300 g/mol. The van der Waals surface area contributed by atoms with Crippen LogP contribution in [0.1, 0.15) is 16.1 Å². The quantitative estimate of drug-likeness (QED) is 0.924. The predicted molar refractivity (Wildman–Crippen MR) is 61.3 cm³/mol. The highest BCUT2D eigenvalue weighted by Crippen LogP contribution is 2.28. The molecule has 88 valence electrons. The van der Waals surface area contributed by atoms with Crippen molar-refractivity contribution in [1.29, 1.82) is 0 Å². The lowest BCUT2D eigenvalue weighted by molar-refractivity contribution is 0.0686. The van der Waals surface area contributed by atoms with Gasteiger partial charge in [-0.15, -0.1) is 0 Å². The fraction of sp³-hybridized carbons (Fsp3) is 0.0909. The van der Waals surface area contributed by atoms with Crippen molar-refractivity contribution in [2.24, 2.45) is 0 Å². The first-order valence-corrected chi connectivity index (χ1v) is 5.44. The van der Waals surface area contributed by atoms with Gasteiger partial charge >= 0.3 is 5.97 Å². The molecule has 0 aliphatic carbocycles. The van der Waals surface area contributed by atoms with Gasteiger partial charge in [-0.05, 0) is 40.5 Å². The van der Waals surface area contributed by atoms with Crippen LogP contribution in [-0.2, 0) is 0 Å². The summed E-state index contributed by atoms with van der Waals surface area (Å²) in [7, 11) is 0. The molecule has 4 nitrogen and oxygen atoms in total. The Hall–Kier alpha value is -1.69. The number of aromatic nitrogens is 1. The molecule has 0 fully saturated rings. The number of hydrogen-bond donors (Lipinski definition) is 1. The molecule has 0 bridgehead atoms. The first kappa shape index (κ1) is 11.8. The summed E-state index contributed by atoms with van der Waals surface area (Å²) < 4.78 is 18.6. The van der Waals surface area contributed by atoms with E-state index >= 15 is 0 Å². The van der Waals surface area contributed by atoms with Gasteiger partial charge in [0.1, 0.15) is 5.82 Å². The molecular formula is C11H7BrFNO3. The van der Waals surface area contributed by atoms with E-state index in [0.717, 1.165) is 0 Å². The van der Waals surface area contributed by atoms with Crippen LogP contribution in [0.2, 0.25) is 0 Å². The first-order chi connectivity index (χ1) is 7.99. The number of hydrogen-bond acceptors (Lipinski definition) is 3. The van der Waals surface area contributed by atoms with E-state index in [1.54, 1.807) is 13.0 Å². The Balaban J connectivity index is 2.49. The minimum atomic E-state index is -1.17. The molecule has 6 heteroatoms. The molecule has 2 aromatic rings. The third kappa shape index (κ3) is 2.21. The van der Waals surface area contributed by atoms with Crippen LogP contribution in [0.25, 0.3) is 11.3 Å². The fourth-order valence-electron chi connectivity index (χ4n) is 1.38. The highest BCUT2D eigenvalue weighted by Gasteiger charge is 2.14. The van der Waals surface area contributed by atoms with Crippen LogP contribution in [0, 0.1) is 12.7 Å². The van der Waals surface area contributed by atoms with Crippen LogP contribution in [0.4, 0.5) is 4.39 Å². The molecule has 2 rings (SSSR count). The van der Waals surface area contributed by atoms with Gasteiger partial charge < -0.3 is 9.63 Å². The molecule has 0 radical (unpaired) electrons. The largest absolute Gasteiger partial charge is 0.476 e. The van der Waals surface area contributed by atoms with Gasteiger partial charge in [0.2, 0.25) is 0 Å². The van der Waals surface area contributed by atoms with Crippen LogP contribution in [0.15, 0.2) is 27.2 Å². The number of carboxylic acid groups (broad SMARTS) is 1. The summed E-state index contributed by atoms with van der Waals surface area (Å²) in [6.45, 7) is 1.61. The monoisotopic (exact) mass is 299 g/mol. The van der Waals surface area contributed by atoms with E-state index in [1.165, 1.54) is 12.1 Å². The van der Waals surface area contributed by atoms with Gasteiger partial charge in [-0.1, -0.05) is 5.16 Å². The smallest absolute Gasteiger partial charge is 0.358 e. The predicted octanol–water partition coefficient (Wildman–Crippen LogP) is 3.25. The molecule has 1 N–H and O–H groups in total. The average Bonchev–Trinajstić information content (AvgIpc) is 2.74. The Morgan fingerprint density at radius 3 is 2.71 bits per heavy atom. The van der Waals surface area contributed by atoms with Crippen molar-refractivity contribution >= 4 is 21.9 Å². The summed E-state index contributed by atoms with van der Waals surface area (Å²) in [5.41, 5.74) is 0.816. The molecule has 0 spiro atoms. The van der Waals surface area contributed by atoms with Gasteiger partial charge in [0.25, 0.3) is 0 Å². The van der Waals surface area contributed by atoms with Crippen molar-refractivity contribution in [1.82, 2.24) is 5.16 Å². The van der Waals surface area contributed by atoms with E-state index in [9.17, 15) is 9.18 Å². The topological polar surface area (TPSA) is 63.3 Å². The molecule has 0 unspecified atom stereocenters. The normalized spacial score (nSPS) is 10.5. The zero-order valence-corrected chi connectivity index (χ0v) is 10.3. The standard InChI is InChI=1S/C11H7BrFNO3/c1-5-2-6(3-7(12)10(5)13)9-4-8(11(15)16)14-17-9/h2-4H,1H3,(H,15,16). The fourth-order valence-corrected chi connectivity index (χ4v) is 1.94. The Morgan fingerprint density at radius 1 is 1.47 bits per heavy atom. The maximum atomic E-state index is 13.4. The summed E-state index contributed by atoms with van der Waals surface area (Å²) in [6.07, 6.45) is 0. The van der Waals surface area contributed by atoms with Crippen molar-refractivity contribution in [3.8, 4) is 11.3 Å². The van der Waals surface area contributed by atoms with Crippen LogP contribution >= 0.6 is 15.9 Å². The number of aryl methyl sites for hydroxylation is 1.